The van der Waals surface area contributed by atoms with Gasteiger partial charge in [0.25, 0.3) is 18.2 Å². The van der Waals surface area contributed by atoms with E-state index >= 15 is 0 Å². The van der Waals surface area contributed by atoms with Crippen LogP contribution in [0, 0.1) is 23.7 Å². The van der Waals surface area contributed by atoms with Crippen molar-refractivity contribution in [2.24, 2.45) is 0 Å². The topological polar surface area (TPSA) is 127 Å². The van der Waals surface area contributed by atoms with Crippen LogP contribution in [0.1, 0.15) is 28.5 Å². The smallest absolute Gasteiger partial charge is 0.269 e. The van der Waals surface area contributed by atoms with Gasteiger partial charge < -0.3 is 15.4 Å². The van der Waals surface area contributed by atoms with Crippen LogP contribution in [0.5, 0.6) is 0 Å². The van der Waals surface area contributed by atoms with Gasteiger partial charge in [-0.25, -0.2) is 19.2 Å². The van der Waals surface area contributed by atoms with E-state index in [1.165, 1.54) is 30.6 Å². The molecule has 2 aromatic rings. The van der Waals surface area contributed by atoms with Gasteiger partial charge in [-0.3, -0.25) is 14.8 Å². The van der Waals surface area contributed by atoms with Crippen molar-refractivity contribution >= 4 is 11.8 Å². The molecule has 0 bridgehead atoms. The number of aromatic nitrogens is 2. The maximum atomic E-state index is 13.0. The van der Waals surface area contributed by atoms with Gasteiger partial charge in [0.1, 0.15) is 11.7 Å². The average molecular weight is 402 g/mol. The Hall–Kier alpha value is -3.73. The van der Waals surface area contributed by atoms with Crippen molar-refractivity contribution in [3.63, 3.8) is 0 Å². The molecular formula is C19H16F2N4O4. The quantitative estimate of drug-likeness (QED) is 0.282. The molecule has 0 saturated carbocycles. The maximum absolute atomic E-state index is 13.0. The Labute approximate surface area is 164 Å². The van der Waals surface area contributed by atoms with Crippen molar-refractivity contribution < 1.29 is 28.7 Å². The highest BCUT2D eigenvalue weighted by atomic mass is 19.3. The van der Waals surface area contributed by atoms with E-state index in [2.05, 4.69) is 33.6 Å². The highest BCUT2D eigenvalue weighted by Gasteiger charge is 2.46. The second kappa shape index (κ2) is 9.46. The summed E-state index contributed by atoms with van der Waals surface area (Å²) < 4.78 is 26.0. The number of H-pyrrole nitrogens is 1. The molecule has 10 heteroatoms. The molecule has 1 aromatic heterocycles. The summed E-state index contributed by atoms with van der Waals surface area (Å²) in [6.45, 7) is 0.667. The minimum atomic E-state index is -3.36. The maximum Gasteiger partial charge on any atom is 0.269 e. The number of hydrogen-bond acceptors (Lipinski definition) is 5. The Bertz CT molecular complexity index is 981. The van der Waals surface area contributed by atoms with Crippen molar-refractivity contribution in [1.82, 2.24) is 20.8 Å². The summed E-state index contributed by atoms with van der Waals surface area (Å²) >= 11 is 0. The lowest BCUT2D eigenvalue weighted by atomic mass is 9.95. The number of carbonyl (C=O) groups excluding carboxylic acids is 2. The third-order valence-electron chi connectivity index (χ3n) is 3.78. The molecular weight excluding hydrogens is 386 g/mol. The average Bonchev–Trinajstić information content (AvgIpc) is 3.22. The van der Waals surface area contributed by atoms with E-state index in [9.17, 15) is 23.5 Å². The van der Waals surface area contributed by atoms with Gasteiger partial charge in [0.15, 0.2) is 5.60 Å². The first-order valence-electron chi connectivity index (χ1n) is 8.12. The van der Waals surface area contributed by atoms with Gasteiger partial charge in [0.05, 0.1) is 6.33 Å². The molecule has 1 unspecified atom stereocenters. The monoisotopic (exact) mass is 402 g/mol. The zero-order chi connectivity index (χ0) is 21.4. The van der Waals surface area contributed by atoms with Gasteiger partial charge in [-0.15, -0.1) is 0 Å². The number of aromatic amines is 1. The molecule has 8 nitrogen and oxygen atoms in total. The Kier molecular flexibility index (Phi) is 7.04. The van der Waals surface area contributed by atoms with E-state index in [0.29, 0.717) is 18.2 Å². The number of carbonyl (C=O) groups is 2. The third-order valence-corrected chi connectivity index (χ3v) is 3.78. The SMILES string of the molecule is CC(O)(C(F)F)[C@H](NC(=O)c1ccc(C#CC#Cc2c[nH]cn2)cc1)C(=O)NO. The van der Waals surface area contributed by atoms with Gasteiger partial charge >= 0.3 is 0 Å². The van der Waals surface area contributed by atoms with Crippen molar-refractivity contribution in [1.29, 1.82) is 0 Å². The number of amides is 2. The summed E-state index contributed by atoms with van der Waals surface area (Å²) in [6, 6.07) is 3.60. The van der Waals surface area contributed by atoms with Gasteiger partial charge in [-0.1, -0.05) is 5.92 Å². The van der Waals surface area contributed by atoms with E-state index < -0.39 is 29.9 Å². The molecule has 0 spiro atoms. The number of nitrogens with zero attached hydrogens (tertiary/aromatic N) is 1. The van der Waals surface area contributed by atoms with Crippen LogP contribution in [0.4, 0.5) is 8.78 Å². The van der Waals surface area contributed by atoms with Crippen LogP contribution < -0.4 is 10.8 Å². The molecule has 0 aliphatic rings. The normalized spacial score (nSPS) is 13.2. The molecule has 0 aliphatic carbocycles. The van der Waals surface area contributed by atoms with Crippen molar-refractivity contribution in [2.75, 3.05) is 0 Å². The van der Waals surface area contributed by atoms with Crippen LogP contribution in [0.2, 0.25) is 0 Å². The van der Waals surface area contributed by atoms with Gasteiger partial charge in [-0.2, -0.15) is 0 Å². The van der Waals surface area contributed by atoms with E-state index in [-0.39, 0.29) is 5.56 Å². The molecule has 0 aliphatic heterocycles. The molecule has 2 atom stereocenters. The van der Waals surface area contributed by atoms with Crippen LogP contribution in [-0.4, -0.2) is 50.2 Å². The summed E-state index contributed by atoms with van der Waals surface area (Å²) in [5.41, 5.74) is -0.664. The van der Waals surface area contributed by atoms with Crippen LogP contribution >= 0.6 is 0 Å². The lowest BCUT2D eigenvalue weighted by molar-refractivity contribution is -0.149. The van der Waals surface area contributed by atoms with E-state index in [0.717, 1.165) is 5.48 Å². The summed E-state index contributed by atoms with van der Waals surface area (Å²) in [4.78, 5) is 30.5. The molecule has 0 radical (unpaired) electrons. The first-order valence-corrected chi connectivity index (χ1v) is 8.12. The van der Waals surface area contributed by atoms with E-state index in [1.807, 2.05) is 5.32 Å². The predicted octanol–water partition coefficient (Wildman–Crippen LogP) is 0.433. The van der Waals surface area contributed by atoms with Crippen molar-refractivity contribution in [2.45, 2.75) is 25.0 Å². The first kappa shape index (κ1) is 21.6. The summed E-state index contributed by atoms with van der Waals surface area (Å²) in [5, 5.41) is 20.5. The summed E-state index contributed by atoms with van der Waals surface area (Å²) in [5.74, 6) is 8.39. The molecule has 1 aromatic carbocycles. The predicted molar refractivity (Wildman–Crippen MR) is 96.6 cm³/mol. The zero-order valence-electron chi connectivity index (χ0n) is 15.0. The first-order chi connectivity index (χ1) is 13.8. The number of aliphatic hydroxyl groups is 1. The fourth-order valence-corrected chi connectivity index (χ4v) is 2.11. The fourth-order valence-electron chi connectivity index (χ4n) is 2.11. The highest BCUT2D eigenvalue weighted by molar-refractivity contribution is 5.97. The van der Waals surface area contributed by atoms with Crippen molar-refractivity contribution in [3.05, 3.63) is 53.6 Å². The number of nitrogens with one attached hydrogen (secondary N) is 3. The number of benzene rings is 1. The number of imidazole rings is 1. The minimum Gasteiger partial charge on any atom is -0.381 e. The molecule has 150 valence electrons. The van der Waals surface area contributed by atoms with Gasteiger partial charge in [-0.05, 0) is 49.0 Å². The number of rotatable bonds is 5. The Morgan fingerprint density at radius 3 is 2.41 bits per heavy atom. The van der Waals surface area contributed by atoms with E-state index in [1.54, 1.807) is 6.20 Å². The molecule has 1 heterocycles. The van der Waals surface area contributed by atoms with Crippen LogP contribution in [0.25, 0.3) is 0 Å². The number of alkyl halides is 2. The van der Waals surface area contributed by atoms with Crippen LogP contribution in [0.15, 0.2) is 36.8 Å². The zero-order valence-corrected chi connectivity index (χ0v) is 15.0. The lowest BCUT2D eigenvalue weighted by Crippen LogP contribution is -2.61. The second-order valence-electron chi connectivity index (χ2n) is 5.94. The molecule has 0 fully saturated rings. The summed E-state index contributed by atoms with van der Waals surface area (Å²) in [6.07, 6.45) is -0.264. The minimum absolute atomic E-state index is 0.0268. The number of hydrogen-bond donors (Lipinski definition) is 5. The highest BCUT2D eigenvalue weighted by Crippen LogP contribution is 2.20. The molecule has 2 rings (SSSR count). The molecule has 2 amide bonds. The van der Waals surface area contributed by atoms with Gasteiger partial charge in [0, 0.05) is 17.3 Å². The Balaban J connectivity index is 2.10. The Morgan fingerprint density at radius 1 is 1.21 bits per heavy atom. The molecule has 0 saturated heterocycles. The molecule has 29 heavy (non-hydrogen) atoms. The lowest BCUT2D eigenvalue weighted by Gasteiger charge is -2.30. The van der Waals surface area contributed by atoms with Crippen molar-refractivity contribution in [3.8, 4) is 23.7 Å². The van der Waals surface area contributed by atoms with Crippen LogP contribution in [-0.2, 0) is 4.79 Å². The number of hydroxylamine groups is 1. The number of halogens is 2. The van der Waals surface area contributed by atoms with Crippen LogP contribution in [0.3, 0.4) is 0 Å². The summed E-state index contributed by atoms with van der Waals surface area (Å²) in [7, 11) is 0. The largest absolute Gasteiger partial charge is 0.381 e. The van der Waals surface area contributed by atoms with Gasteiger partial charge in [0.2, 0.25) is 0 Å². The third kappa shape index (κ3) is 5.62. The molecule has 5 N–H and O–H groups in total. The second-order valence-corrected chi connectivity index (χ2v) is 5.94. The standard InChI is InChI=1S/C19H16F2N4O4/c1-19(28,18(20)21)15(17(27)25-29)24-16(26)13-8-6-12(7-9-13)4-2-3-5-14-10-22-11-23-14/h6-11,15,18,28-29H,1H3,(H,22,23)(H,24,26)(H,25,27)/t15-,19?/m1/s1. The Morgan fingerprint density at radius 2 is 1.86 bits per heavy atom. The fraction of sp³-hybridized carbons (Fsp3) is 0.211. The van der Waals surface area contributed by atoms with E-state index in [4.69, 9.17) is 5.21 Å².